The lowest BCUT2D eigenvalue weighted by atomic mass is 10.2. The van der Waals surface area contributed by atoms with Crippen molar-refractivity contribution < 1.29 is 22.4 Å². The maximum Gasteiger partial charge on any atom is 0.255 e. The molecule has 4 aromatic rings. The molecule has 0 atom stereocenters. The highest BCUT2D eigenvalue weighted by Crippen LogP contribution is 2.23. The van der Waals surface area contributed by atoms with Crippen LogP contribution in [0, 0.1) is 0 Å². The predicted octanol–water partition coefficient (Wildman–Crippen LogP) is 4.93. The van der Waals surface area contributed by atoms with Crippen LogP contribution in [-0.2, 0) is 23.1 Å². The van der Waals surface area contributed by atoms with Crippen LogP contribution in [0.5, 0.6) is 5.75 Å². The molecule has 0 aliphatic rings. The largest absolute Gasteiger partial charge is 0.497 e. The van der Waals surface area contributed by atoms with Crippen molar-refractivity contribution in [2.45, 2.75) is 18.0 Å². The lowest BCUT2D eigenvalue weighted by Gasteiger charge is -2.21. The fourth-order valence-corrected chi connectivity index (χ4v) is 4.79. The van der Waals surface area contributed by atoms with Crippen molar-refractivity contribution in [1.29, 1.82) is 0 Å². The van der Waals surface area contributed by atoms with Gasteiger partial charge >= 0.3 is 0 Å². The molecule has 3 aromatic carbocycles. The van der Waals surface area contributed by atoms with E-state index in [9.17, 15) is 13.2 Å². The van der Waals surface area contributed by atoms with Gasteiger partial charge in [0, 0.05) is 17.8 Å². The normalized spacial score (nSPS) is 11.4. The van der Waals surface area contributed by atoms with Crippen LogP contribution < -0.4 is 10.1 Å². The number of nitrogens with one attached hydrogen (secondary N) is 1. The molecule has 0 aliphatic carbocycles. The van der Waals surface area contributed by atoms with Gasteiger partial charge in [0.1, 0.15) is 11.5 Å². The summed E-state index contributed by atoms with van der Waals surface area (Å²) >= 11 is 0. The fraction of sp³-hybridized carbons (Fsp3) is 0.115. The van der Waals surface area contributed by atoms with Gasteiger partial charge in [-0.1, -0.05) is 30.3 Å². The van der Waals surface area contributed by atoms with Crippen LogP contribution in [0.1, 0.15) is 21.7 Å². The number of furan rings is 1. The molecule has 1 heterocycles. The first-order valence-corrected chi connectivity index (χ1v) is 12.0. The summed E-state index contributed by atoms with van der Waals surface area (Å²) in [6.07, 6.45) is 1.52. The Kier molecular flexibility index (Phi) is 7.10. The van der Waals surface area contributed by atoms with Crippen LogP contribution >= 0.6 is 0 Å². The maximum atomic E-state index is 13.5. The molecule has 0 unspecified atom stereocenters. The summed E-state index contributed by atoms with van der Waals surface area (Å²) < 4.78 is 38.8. The quantitative estimate of drug-likeness (QED) is 0.370. The molecule has 34 heavy (non-hydrogen) atoms. The molecule has 0 spiro atoms. The van der Waals surface area contributed by atoms with Gasteiger partial charge in [0.15, 0.2) is 0 Å². The molecular formula is C26H24N2O5S. The molecule has 0 fully saturated rings. The van der Waals surface area contributed by atoms with E-state index >= 15 is 0 Å². The van der Waals surface area contributed by atoms with Crippen molar-refractivity contribution >= 4 is 21.6 Å². The Morgan fingerprint density at radius 1 is 0.882 bits per heavy atom. The number of anilines is 1. The van der Waals surface area contributed by atoms with Crippen molar-refractivity contribution in [1.82, 2.24) is 4.31 Å². The maximum absolute atomic E-state index is 13.5. The first-order valence-electron chi connectivity index (χ1n) is 10.6. The van der Waals surface area contributed by atoms with E-state index in [4.69, 9.17) is 9.15 Å². The third-order valence-corrected chi connectivity index (χ3v) is 7.02. The monoisotopic (exact) mass is 476 g/mol. The summed E-state index contributed by atoms with van der Waals surface area (Å²) in [7, 11) is -2.28. The molecule has 174 valence electrons. The SMILES string of the molecule is COc1ccc(C(=O)Nc2ccc(S(=O)(=O)N(Cc3ccccc3)Cc3ccco3)cc2)cc1. The number of carbonyl (C=O) groups is 1. The number of ether oxygens (including phenoxy) is 1. The van der Waals surface area contributed by atoms with Gasteiger partial charge in [-0.3, -0.25) is 4.79 Å². The van der Waals surface area contributed by atoms with Crippen LogP contribution in [0.3, 0.4) is 0 Å². The van der Waals surface area contributed by atoms with E-state index in [2.05, 4.69) is 5.32 Å². The van der Waals surface area contributed by atoms with Gasteiger partial charge in [0.25, 0.3) is 5.91 Å². The number of carbonyl (C=O) groups excluding carboxylic acids is 1. The Morgan fingerprint density at radius 3 is 2.21 bits per heavy atom. The molecule has 1 N–H and O–H groups in total. The first kappa shape index (κ1) is 23.3. The number of rotatable bonds is 9. The van der Waals surface area contributed by atoms with Crippen molar-refractivity contribution in [3.05, 3.63) is 114 Å². The van der Waals surface area contributed by atoms with E-state index in [1.54, 1.807) is 55.6 Å². The molecule has 0 saturated carbocycles. The molecule has 0 radical (unpaired) electrons. The molecular weight excluding hydrogens is 452 g/mol. The number of hydrogen-bond donors (Lipinski definition) is 1. The van der Waals surface area contributed by atoms with Crippen molar-refractivity contribution in [3.63, 3.8) is 0 Å². The van der Waals surface area contributed by atoms with Gasteiger partial charge in [-0.25, -0.2) is 8.42 Å². The highest BCUT2D eigenvalue weighted by Gasteiger charge is 2.26. The third kappa shape index (κ3) is 5.54. The summed E-state index contributed by atoms with van der Waals surface area (Å²) in [5, 5.41) is 2.78. The van der Waals surface area contributed by atoms with Crippen molar-refractivity contribution in [2.24, 2.45) is 0 Å². The molecule has 7 nitrogen and oxygen atoms in total. The average molecular weight is 477 g/mol. The smallest absolute Gasteiger partial charge is 0.255 e. The predicted molar refractivity (Wildman–Crippen MR) is 129 cm³/mol. The summed E-state index contributed by atoms with van der Waals surface area (Å²) in [4.78, 5) is 12.6. The minimum atomic E-state index is -3.83. The standard InChI is InChI=1S/C26H24N2O5S/c1-32-23-13-9-21(10-14-23)26(29)27-22-11-15-25(16-12-22)34(30,31)28(19-24-8-5-17-33-24)18-20-6-3-2-4-7-20/h2-17H,18-19H2,1H3,(H,27,29). The highest BCUT2D eigenvalue weighted by molar-refractivity contribution is 7.89. The number of amides is 1. The number of nitrogens with zero attached hydrogens (tertiary/aromatic N) is 1. The van der Waals surface area contributed by atoms with Gasteiger partial charge in [-0.15, -0.1) is 0 Å². The zero-order valence-electron chi connectivity index (χ0n) is 18.5. The Balaban J connectivity index is 1.52. The zero-order chi connectivity index (χ0) is 24.0. The number of hydrogen-bond acceptors (Lipinski definition) is 5. The Bertz CT molecular complexity index is 1320. The van der Waals surface area contributed by atoms with Gasteiger partial charge in [0.2, 0.25) is 10.0 Å². The minimum absolute atomic E-state index is 0.0974. The molecule has 4 rings (SSSR count). The third-order valence-electron chi connectivity index (χ3n) is 5.22. The Morgan fingerprint density at radius 2 is 1.59 bits per heavy atom. The molecule has 8 heteroatoms. The van der Waals surface area contributed by atoms with Crippen molar-refractivity contribution in [2.75, 3.05) is 12.4 Å². The second-order valence-corrected chi connectivity index (χ2v) is 9.48. The van der Waals surface area contributed by atoms with E-state index in [-0.39, 0.29) is 23.9 Å². The lowest BCUT2D eigenvalue weighted by Crippen LogP contribution is -2.30. The topological polar surface area (TPSA) is 88.8 Å². The van der Waals surface area contributed by atoms with E-state index in [1.165, 1.54) is 22.7 Å². The molecule has 0 bridgehead atoms. The summed E-state index contributed by atoms with van der Waals surface area (Å²) in [5.74, 6) is 0.894. The number of methoxy groups -OCH3 is 1. The van der Waals surface area contributed by atoms with E-state index < -0.39 is 10.0 Å². The average Bonchev–Trinajstić information content (AvgIpc) is 3.38. The van der Waals surface area contributed by atoms with Crippen LogP contribution in [0.25, 0.3) is 0 Å². The summed E-state index contributed by atoms with van der Waals surface area (Å²) in [6, 6.07) is 25.7. The van der Waals surface area contributed by atoms with Crippen LogP contribution in [0.4, 0.5) is 5.69 Å². The van der Waals surface area contributed by atoms with E-state index in [0.717, 1.165) is 5.56 Å². The summed E-state index contributed by atoms with van der Waals surface area (Å²) in [5.41, 5.74) is 1.81. The number of benzene rings is 3. The number of sulfonamides is 1. The molecule has 1 amide bonds. The molecule has 0 aliphatic heterocycles. The van der Waals surface area contributed by atoms with E-state index in [1.807, 2.05) is 30.3 Å². The Hall–Kier alpha value is -3.88. The second kappa shape index (κ2) is 10.4. The lowest BCUT2D eigenvalue weighted by molar-refractivity contribution is 0.102. The zero-order valence-corrected chi connectivity index (χ0v) is 19.4. The van der Waals surface area contributed by atoms with Crippen LogP contribution in [0.2, 0.25) is 0 Å². The van der Waals surface area contributed by atoms with Crippen LogP contribution in [0.15, 0.2) is 107 Å². The first-order chi connectivity index (χ1) is 16.5. The minimum Gasteiger partial charge on any atom is -0.497 e. The molecule has 0 saturated heterocycles. The van der Waals surface area contributed by atoms with Crippen molar-refractivity contribution in [3.8, 4) is 5.75 Å². The highest BCUT2D eigenvalue weighted by atomic mass is 32.2. The van der Waals surface area contributed by atoms with Gasteiger partial charge in [-0.05, 0) is 66.2 Å². The fourth-order valence-electron chi connectivity index (χ4n) is 3.39. The molecule has 1 aromatic heterocycles. The van der Waals surface area contributed by atoms with Gasteiger partial charge in [-0.2, -0.15) is 4.31 Å². The van der Waals surface area contributed by atoms with Crippen LogP contribution in [-0.4, -0.2) is 25.7 Å². The Labute approximate surface area is 198 Å². The second-order valence-electron chi connectivity index (χ2n) is 7.55. The van der Waals surface area contributed by atoms with Gasteiger partial charge in [0.05, 0.1) is 24.8 Å². The summed E-state index contributed by atoms with van der Waals surface area (Å²) in [6.45, 7) is 0.292. The van der Waals surface area contributed by atoms with Gasteiger partial charge < -0.3 is 14.5 Å². The van der Waals surface area contributed by atoms with E-state index in [0.29, 0.717) is 22.8 Å².